The molecule has 7 nitrogen and oxygen atoms in total. The van der Waals surface area contributed by atoms with Crippen LogP contribution in [0.5, 0.6) is 5.75 Å². The Hall–Kier alpha value is -2.67. The number of halogens is 2. The number of ether oxygens (including phenoxy) is 1. The van der Waals surface area contributed by atoms with Gasteiger partial charge in [-0.3, -0.25) is 0 Å². The smallest absolute Gasteiger partial charge is 0.341 e. The van der Waals surface area contributed by atoms with Gasteiger partial charge in [-0.15, -0.1) is 4.99 Å². The molecular formula is C16H16F2N4O3S. The lowest BCUT2D eigenvalue weighted by Crippen LogP contribution is -2.35. The molecule has 3 rings (SSSR count). The zero-order valence-electron chi connectivity index (χ0n) is 14.0. The summed E-state index contributed by atoms with van der Waals surface area (Å²) in [7, 11) is -4.74. The van der Waals surface area contributed by atoms with E-state index in [1.165, 1.54) is 12.1 Å². The van der Waals surface area contributed by atoms with E-state index in [0.717, 1.165) is 6.07 Å². The Morgan fingerprint density at radius 2 is 2.15 bits per heavy atom. The Morgan fingerprint density at radius 1 is 1.42 bits per heavy atom. The van der Waals surface area contributed by atoms with Crippen LogP contribution in [0.2, 0.25) is 0 Å². The van der Waals surface area contributed by atoms with Gasteiger partial charge < -0.3 is 15.0 Å². The predicted octanol–water partition coefficient (Wildman–Crippen LogP) is 1.94. The number of benzene rings is 1. The first kappa shape index (κ1) is 18.1. The monoisotopic (exact) mass is 382 g/mol. The molecule has 0 unspecified atom stereocenters. The molecular weight excluding hydrogens is 366 g/mol. The van der Waals surface area contributed by atoms with Crippen LogP contribution in [-0.2, 0) is 9.84 Å². The standard InChI is InChI=1S/C16H16F2N4O3S/c1-16(2)8-12(22-6-5-20-15(22)21-9-19)11-7-10(3-4-13(11)25-16)26(23,24)14(17)18/h3-4,7-8,14H,5-6H2,1-2H3,(H,20,21). The molecule has 0 bridgehead atoms. The number of rotatable bonds is 3. The summed E-state index contributed by atoms with van der Waals surface area (Å²) in [4.78, 5) is 4.92. The van der Waals surface area contributed by atoms with Gasteiger partial charge in [0.05, 0.1) is 10.6 Å². The van der Waals surface area contributed by atoms with Crippen LogP contribution >= 0.6 is 0 Å². The van der Waals surface area contributed by atoms with Gasteiger partial charge in [-0.2, -0.15) is 14.0 Å². The molecule has 10 heteroatoms. The van der Waals surface area contributed by atoms with E-state index >= 15 is 0 Å². The Labute approximate surface area is 149 Å². The van der Waals surface area contributed by atoms with Gasteiger partial charge in [0.25, 0.3) is 0 Å². The Bertz CT molecular complexity index is 949. The van der Waals surface area contributed by atoms with Crippen LogP contribution in [0.15, 0.2) is 34.2 Å². The van der Waals surface area contributed by atoms with Gasteiger partial charge in [0.1, 0.15) is 11.4 Å². The summed E-state index contributed by atoms with van der Waals surface area (Å²) in [5.41, 5.74) is 0.174. The van der Waals surface area contributed by atoms with Crippen LogP contribution < -0.4 is 10.1 Å². The molecule has 0 radical (unpaired) electrons. The number of fused-ring (bicyclic) bond motifs is 1. The molecule has 2 aliphatic rings. The number of nitrogens with zero attached hydrogens (tertiary/aromatic N) is 3. The molecule has 0 amide bonds. The van der Waals surface area contributed by atoms with Crippen LogP contribution in [0.25, 0.3) is 5.70 Å². The Morgan fingerprint density at radius 3 is 2.81 bits per heavy atom. The molecule has 0 saturated carbocycles. The first-order valence-corrected chi connectivity index (χ1v) is 9.27. The topological polar surface area (TPSA) is 94.8 Å². The van der Waals surface area contributed by atoms with Crippen LogP contribution in [0, 0.1) is 11.5 Å². The number of nitriles is 1. The molecule has 1 N–H and O–H groups in total. The van der Waals surface area contributed by atoms with Gasteiger partial charge in [-0.25, -0.2) is 8.42 Å². The summed E-state index contributed by atoms with van der Waals surface area (Å²) in [6.07, 6.45) is 3.45. The van der Waals surface area contributed by atoms with Crippen molar-refractivity contribution in [1.29, 1.82) is 5.26 Å². The predicted molar refractivity (Wildman–Crippen MR) is 90.1 cm³/mol. The van der Waals surface area contributed by atoms with Crippen LogP contribution in [0.3, 0.4) is 0 Å². The zero-order chi connectivity index (χ0) is 19.1. The number of hydrogen-bond acceptors (Lipinski definition) is 5. The summed E-state index contributed by atoms with van der Waals surface area (Å²) in [5.74, 6) is -2.84. The first-order valence-electron chi connectivity index (χ1n) is 7.72. The van der Waals surface area contributed by atoms with Crippen molar-refractivity contribution < 1.29 is 21.9 Å². The lowest BCUT2D eigenvalue weighted by Gasteiger charge is -2.34. The summed E-state index contributed by atoms with van der Waals surface area (Å²) in [6, 6.07) is 3.63. The second-order valence-electron chi connectivity index (χ2n) is 6.31. The number of sulfone groups is 1. The van der Waals surface area contributed by atoms with Crippen molar-refractivity contribution in [3.05, 3.63) is 29.8 Å². The number of guanidine groups is 1. The van der Waals surface area contributed by atoms with E-state index in [2.05, 4.69) is 10.3 Å². The van der Waals surface area contributed by atoms with E-state index in [0.29, 0.717) is 36.1 Å². The van der Waals surface area contributed by atoms with Crippen LogP contribution in [-0.4, -0.2) is 43.7 Å². The Balaban J connectivity index is 2.16. The van der Waals surface area contributed by atoms with Crippen molar-refractivity contribution in [2.24, 2.45) is 4.99 Å². The molecule has 2 aliphatic heterocycles. The number of nitrogens with one attached hydrogen (secondary N) is 1. The minimum absolute atomic E-state index is 0.310. The molecule has 0 aliphatic carbocycles. The average molecular weight is 382 g/mol. The van der Waals surface area contributed by atoms with Crippen LogP contribution in [0.4, 0.5) is 8.78 Å². The molecule has 1 aromatic rings. The fourth-order valence-corrected chi connectivity index (χ4v) is 3.63. The van der Waals surface area contributed by atoms with E-state index in [-0.39, 0.29) is 0 Å². The van der Waals surface area contributed by atoms with E-state index in [4.69, 9.17) is 10.00 Å². The van der Waals surface area contributed by atoms with Gasteiger partial charge in [0.15, 0.2) is 0 Å². The minimum atomic E-state index is -4.74. The highest BCUT2D eigenvalue weighted by Crippen LogP contribution is 2.40. The minimum Gasteiger partial charge on any atom is -0.483 e. The second kappa shape index (κ2) is 6.25. The van der Waals surface area contributed by atoms with E-state index in [1.54, 1.807) is 17.2 Å². The maximum absolute atomic E-state index is 12.9. The van der Waals surface area contributed by atoms with Crippen molar-refractivity contribution >= 4 is 21.5 Å². The molecule has 138 valence electrons. The van der Waals surface area contributed by atoms with Gasteiger partial charge in [0.2, 0.25) is 22.0 Å². The third kappa shape index (κ3) is 3.10. The lowest BCUT2D eigenvalue weighted by molar-refractivity contribution is 0.156. The molecule has 2 heterocycles. The molecule has 1 saturated heterocycles. The second-order valence-corrected chi connectivity index (χ2v) is 8.23. The summed E-state index contributed by atoms with van der Waals surface area (Å²) in [6.45, 7) is 4.63. The number of aliphatic imine (C=N–C) groups is 1. The highest BCUT2D eigenvalue weighted by atomic mass is 32.2. The normalized spacial score (nSPS) is 20.2. The largest absolute Gasteiger partial charge is 0.483 e. The molecule has 26 heavy (non-hydrogen) atoms. The maximum atomic E-state index is 12.9. The van der Waals surface area contributed by atoms with Gasteiger partial charge in [-0.05, 0) is 38.1 Å². The molecule has 0 spiro atoms. The van der Waals surface area contributed by atoms with E-state index in [9.17, 15) is 17.2 Å². The first-order chi connectivity index (χ1) is 12.2. The summed E-state index contributed by atoms with van der Waals surface area (Å²) >= 11 is 0. The third-order valence-electron chi connectivity index (χ3n) is 3.97. The molecule has 0 aromatic heterocycles. The molecule has 1 aromatic carbocycles. The van der Waals surface area contributed by atoms with Crippen molar-refractivity contribution in [2.45, 2.75) is 30.1 Å². The highest BCUT2D eigenvalue weighted by molar-refractivity contribution is 7.91. The van der Waals surface area contributed by atoms with Gasteiger partial charge >= 0.3 is 5.76 Å². The fraction of sp³-hybridized carbons (Fsp3) is 0.375. The average Bonchev–Trinajstić information content (AvgIpc) is 3.01. The highest BCUT2D eigenvalue weighted by Gasteiger charge is 2.35. The summed E-state index contributed by atoms with van der Waals surface area (Å²) in [5, 5.41) is 11.8. The van der Waals surface area contributed by atoms with Crippen molar-refractivity contribution in [3.63, 3.8) is 0 Å². The van der Waals surface area contributed by atoms with E-state index < -0.39 is 26.1 Å². The van der Waals surface area contributed by atoms with Gasteiger partial charge in [0, 0.05) is 18.7 Å². The Kier molecular flexibility index (Phi) is 4.36. The number of hydrogen-bond donors (Lipinski definition) is 1. The van der Waals surface area contributed by atoms with Crippen molar-refractivity contribution in [2.75, 3.05) is 13.1 Å². The molecule has 1 fully saturated rings. The third-order valence-corrected chi connectivity index (χ3v) is 5.35. The zero-order valence-corrected chi connectivity index (χ0v) is 14.8. The quantitative estimate of drug-likeness (QED) is 0.803. The number of alkyl halides is 2. The van der Waals surface area contributed by atoms with Crippen molar-refractivity contribution in [1.82, 2.24) is 10.2 Å². The van der Waals surface area contributed by atoms with Gasteiger partial charge in [-0.1, -0.05) is 0 Å². The lowest BCUT2D eigenvalue weighted by atomic mass is 9.98. The van der Waals surface area contributed by atoms with Crippen LogP contribution in [0.1, 0.15) is 19.4 Å². The fourth-order valence-electron chi connectivity index (χ4n) is 2.88. The van der Waals surface area contributed by atoms with E-state index in [1.807, 2.05) is 13.8 Å². The SMILES string of the molecule is CC1(C)C=C(N2CCNC2=NC#N)c2cc(S(=O)(=O)C(F)F)ccc2O1. The summed E-state index contributed by atoms with van der Waals surface area (Å²) < 4.78 is 55.3. The maximum Gasteiger partial charge on any atom is 0.341 e. The molecule has 0 atom stereocenters. The van der Waals surface area contributed by atoms with Crippen molar-refractivity contribution in [3.8, 4) is 11.9 Å².